The first-order chi connectivity index (χ1) is 10.5. The van der Waals surface area contributed by atoms with E-state index in [1.54, 1.807) is 7.05 Å². The molecule has 0 saturated heterocycles. The number of benzene rings is 1. The molecule has 3 N–H and O–H groups in total. The lowest BCUT2D eigenvalue weighted by molar-refractivity contribution is -0.146. The van der Waals surface area contributed by atoms with E-state index >= 15 is 0 Å². The van der Waals surface area contributed by atoms with Crippen LogP contribution in [0.2, 0.25) is 0 Å². The van der Waals surface area contributed by atoms with Gasteiger partial charge in [-0.25, -0.2) is 0 Å². The Morgan fingerprint density at radius 2 is 2.00 bits per heavy atom. The Kier molecular flexibility index (Phi) is 6.81. The van der Waals surface area contributed by atoms with Crippen LogP contribution in [0.3, 0.4) is 0 Å². The van der Waals surface area contributed by atoms with E-state index < -0.39 is 17.4 Å². The Morgan fingerprint density at radius 3 is 2.65 bits per heavy atom. The molecule has 1 aromatic carbocycles. The molecule has 0 bridgehead atoms. The zero-order valence-electron chi connectivity index (χ0n) is 12.6. The number of carbonyl (C=O) groups excluding carboxylic acids is 1. The van der Waals surface area contributed by atoms with Gasteiger partial charge >= 0.3 is 5.97 Å². The van der Waals surface area contributed by atoms with Crippen molar-refractivity contribution in [3.8, 4) is 5.75 Å². The summed E-state index contributed by atoms with van der Waals surface area (Å²) >= 11 is 0. The first-order valence-corrected chi connectivity index (χ1v) is 6.82. The van der Waals surface area contributed by atoms with Gasteiger partial charge in [-0.05, 0) is 12.0 Å². The van der Waals surface area contributed by atoms with Crippen LogP contribution in [-0.4, -0.2) is 21.7 Å². The monoisotopic (exact) mass is 338 g/mol. The molecule has 23 heavy (non-hydrogen) atoms. The average Bonchev–Trinajstić information content (AvgIpc) is 2.50. The summed E-state index contributed by atoms with van der Waals surface area (Å²) in [6, 6.07) is 9.87. The lowest BCUT2D eigenvalue weighted by Gasteiger charge is -2.13. The number of ether oxygens (including phenoxy) is 1. The highest BCUT2D eigenvalue weighted by molar-refractivity contribution is 5.85. The molecule has 1 aromatic heterocycles. The normalized spacial score (nSPS) is 11.4. The molecule has 0 aliphatic heterocycles. The number of hydrogen-bond acceptors (Lipinski definition) is 5. The minimum absolute atomic E-state index is 0. The third kappa shape index (κ3) is 5.12. The number of nitrogens with two attached hydrogens (primary N) is 1. The second-order valence-corrected chi connectivity index (χ2v) is 5.03. The molecule has 0 amide bonds. The van der Waals surface area contributed by atoms with Crippen LogP contribution in [0, 0.1) is 0 Å². The number of aryl methyl sites for hydroxylation is 1. The van der Waals surface area contributed by atoms with Crippen LogP contribution in [0.15, 0.2) is 47.4 Å². The number of nitrogens with zero attached hydrogens (tertiary/aromatic N) is 1. The van der Waals surface area contributed by atoms with Crippen molar-refractivity contribution in [1.82, 2.24) is 4.57 Å². The predicted octanol–water partition coefficient (Wildman–Crippen LogP) is 1.13. The van der Waals surface area contributed by atoms with Crippen LogP contribution in [0.4, 0.5) is 0 Å². The van der Waals surface area contributed by atoms with Crippen molar-refractivity contribution >= 4 is 18.4 Å². The van der Waals surface area contributed by atoms with Crippen molar-refractivity contribution in [1.29, 1.82) is 0 Å². The Morgan fingerprint density at radius 1 is 1.35 bits per heavy atom. The lowest BCUT2D eigenvalue weighted by atomic mass is 10.1. The third-order valence-corrected chi connectivity index (χ3v) is 3.28. The van der Waals surface area contributed by atoms with E-state index in [0.29, 0.717) is 12.1 Å². The second-order valence-electron chi connectivity index (χ2n) is 5.03. The molecule has 0 spiro atoms. The summed E-state index contributed by atoms with van der Waals surface area (Å²) in [5.74, 6) is -0.886. The van der Waals surface area contributed by atoms with E-state index in [1.165, 1.54) is 16.8 Å². The standard InChI is InChI=1S/C16H18N2O4.ClH/c1-18-9-15(20)14(19)8-12(18)10-22-16(21)13(17)7-11-5-3-2-4-6-11;/h2-6,8-9,13,20H,7,10,17H2,1H3;1H/t13-;/m0./s1. The minimum Gasteiger partial charge on any atom is -0.503 e. The fourth-order valence-electron chi connectivity index (χ4n) is 2.00. The maximum Gasteiger partial charge on any atom is 0.323 e. The van der Waals surface area contributed by atoms with E-state index in [9.17, 15) is 14.7 Å². The van der Waals surface area contributed by atoms with Crippen molar-refractivity contribution in [3.05, 3.63) is 64.1 Å². The summed E-state index contributed by atoms with van der Waals surface area (Å²) in [6.45, 7) is -0.0760. The van der Waals surface area contributed by atoms with Gasteiger partial charge in [0.15, 0.2) is 5.75 Å². The number of pyridine rings is 1. The van der Waals surface area contributed by atoms with Crippen molar-refractivity contribution in [3.63, 3.8) is 0 Å². The van der Waals surface area contributed by atoms with Gasteiger partial charge in [0.25, 0.3) is 0 Å². The van der Waals surface area contributed by atoms with Gasteiger partial charge in [0.2, 0.25) is 5.43 Å². The van der Waals surface area contributed by atoms with Crippen molar-refractivity contribution in [2.75, 3.05) is 0 Å². The fourth-order valence-corrected chi connectivity index (χ4v) is 2.00. The van der Waals surface area contributed by atoms with Gasteiger partial charge < -0.3 is 20.1 Å². The van der Waals surface area contributed by atoms with Crippen LogP contribution in [0.1, 0.15) is 11.3 Å². The molecule has 2 rings (SSSR count). The van der Waals surface area contributed by atoms with Gasteiger partial charge in [-0.15, -0.1) is 12.4 Å². The minimum atomic E-state index is -0.767. The predicted molar refractivity (Wildman–Crippen MR) is 88.5 cm³/mol. The van der Waals surface area contributed by atoms with E-state index in [4.69, 9.17) is 10.5 Å². The molecular formula is C16H19ClN2O4. The Bertz CT molecular complexity index is 716. The first-order valence-electron chi connectivity index (χ1n) is 6.82. The summed E-state index contributed by atoms with van der Waals surface area (Å²) in [7, 11) is 1.65. The molecule has 1 atom stereocenters. The summed E-state index contributed by atoms with van der Waals surface area (Å²) in [4.78, 5) is 23.3. The molecule has 0 saturated carbocycles. The molecule has 124 valence electrons. The van der Waals surface area contributed by atoms with Crippen LogP contribution in [0.5, 0.6) is 5.75 Å². The topological polar surface area (TPSA) is 94.5 Å². The Labute approximate surface area is 139 Å². The molecular weight excluding hydrogens is 320 g/mol. The number of esters is 1. The highest BCUT2D eigenvalue weighted by Gasteiger charge is 2.16. The first kappa shape index (κ1) is 18.7. The molecule has 0 aliphatic rings. The summed E-state index contributed by atoms with van der Waals surface area (Å²) < 4.78 is 6.65. The number of aromatic nitrogens is 1. The SMILES string of the molecule is Cl.Cn1cc(O)c(=O)cc1COC(=O)[C@@H](N)Cc1ccccc1. The molecule has 0 radical (unpaired) electrons. The van der Waals surface area contributed by atoms with Crippen molar-refractivity contribution in [2.45, 2.75) is 19.1 Å². The molecule has 1 heterocycles. The molecule has 0 fully saturated rings. The highest BCUT2D eigenvalue weighted by Crippen LogP contribution is 2.07. The maximum atomic E-state index is 11.9. The highest BCUT2D eigenvalue weighted by atomic mass is 35.5. The molecule has 0 aliphatic carbocycles. The molecule has 2 aromatic rings. The number of hydrogen-bond donors (Lipinski definition) is 2. The number of carbonyl (C=O) groups is 1. The van der Waals surface area contributed by atoms with Crippen molar-refractivity contribution in [2.24, 2.45) is 12.8 Å². The van der Waals surface area contributed by atoms with Crippen LogP contribution < -0.4 is 11.2 Å². The zero-order valence-corrected chi connectivity index (χ0v) is 13.5. The van der Waals surface area contributed by atoms with Gasteiger partial charge in [0.05, 0.1) is 5.69 Å². The smallest absolute Gasteiger partial charge is 0.323 e. The van der Waals surface area contributed by atoms with Gasteiger partial charge in [-0.1, -0.05) is 30.3 Å². The van der Waals surface area contributed by atoms with Crippen LogP contribution >= 0.6 is 12.4 Å². The van der Waals surface area contributed by atoms with Gasteiger partial charge in [0, 0.05) is 19.3 Å². The summed E-state index contributed by atoms with van der Waals surface area (Å²) in [5.41, 5.74) is 6.73. The van der Waals surface area contributed by atoms with Gasteiger partial charge in [-0.3, -0.25) is 9.59 Å². The third-order valence-electron chi connectivity index (χ3n) is 3.28. The number of rotatable bonds is 5. The molecule has 7 heteroatoms. The molecule has 6 nitrogen and oxygen atoms in total. The quantitative estimate of drug-likeness (QED) is 0.797. The average molecular weight is 339 g/mol. The maximum absolute atomic E-state index is 11.9. The van der Waals surface area contributed by atoms with Gasteiger partial charge in [0.1, 0.15) is 12.6 Å². The largest absolute Gasteiger partial charge is 0.503 e. The Balaban J connectivity index is 0.00000264. The molecule has 0 unspecified atom stereocenters. The summed E-state index contributed by atoms with van der Waals surface area (Å²) in [5, 5.41) is 9.29. The van der Waals surface area contributed by atoms with E-state index in [1.807, 2.05) is 30.3 Å². The van der Waals surface area contributed by atoms with Crippen LogP contribution in [0.25, 0.3) is 0 Å². The Hall–Kier alpha value is -2.31. The van der Waals surface area contributed by atoms with Gasteiger partial charge in [-0.2, -0.15) is 0 Å². The van der Waals surface area contributed by atoms with Crippen LogP contribution in [-0.2, 0) is 29.6 Å². The van der Waals surface area contributed by atoms with E-state index in [2.05, 4.69) is 0 Å². The van der Waals surface area contributed by atoms with E-state index in [0.717, 1.165) is 5.56 Å². The number of aromatic hydroxyl groups is 1. The lowest BCUT2D eigenvalue weighted by Crippen LogP contribution is -2.34. The van der Waals surface area contributed by atoms with E-state index in [-0.39, 0.29) is 24.8 Å². The second kappa shape index (κ2) is 8.36. The zero-order chi connectivity index (χ0) is 16.1. The van der Waals surface area contributed by atoms with Crippen molar-refractivity contribution < 1.29 is 14.6 Å². The number of halogens is 1. The fraction of sp³-hybridized carbons (Fsp3) is 0.250. The summed E-state index contributed by atoms with van der Waals surface area (Å²) in [6.07, 6.45) is 1.66.